The van der Waals surface area contributed by atoms with Gasteiger partial charge in [-0.2, -0.15) is 13.2 Å². The van der Waals surface area contributed by atoms with E-state index in [2.05, 4.69) is 0 Å². The predicted molar refractivity (Wildman–Crippen MR) is 102 cm³/mol. The summed E-state index contributed by atoms with van der Waals surface area (Å²) in [6.45, 7) is -0.0598. The Morgan fingerprint density at radius 1 is 1.17 bits per heavy atom. The molecule has 1 N–H and O–H groups in total. The second kappa shape index (κ2) is 8.93. The molecule has 1 heterocycles. The van der Waals surface area contributed by atoms with Crippen molar-refractivity contribution in [2.45, 2.75) is 18.3 Å². The number of aliphatic hydroxyl groups is 1. The Kier molecular flexibility index (Phi) is 6.52. The molecule has 0 saturated carbocycles. The van der Waals surface area contributed by atoms with E-state index in [4.69, 9.17) is 14.2 Å². The molecule has 2 aromatic carbocycles. The average Bonchev–Trinajstić information content (AvgIpc) is 2.77. The van der Waals surface area contributed by atoms with Gasteiger partial charge in [0, 0.05) is 12.1 Å². The van der Waals surface area contributed by atoms with Crippen molar-refractivity contribution in [3.8, 4) is 11.5 Å². The molecule has 1 aliphatic rings. The number of carbonyl (C=O) groups is 1. The van der Waals surface area contributed by atoms with Crippen LogP contribution < -0.4 is 9.47 Å². The van der Waals surface area contributed by atoms with E-state index in [9.17, 15) is 23.1 Å². The molecule has 0 spiro atoms. The number of hydrogen-bond donors (Lipinski definition) is 1. The van der Waals surface area contributed by atoms with Crippen molar-refractivity contribution in [2.24, 2.45) is 0 Å². The van der Waals surface area contributed by atoms with Crippen LogP contribution in [0.2, 0.25) is 0 Å². The summed E-state index contributed by atoms with van der Waals surface area (Å²) in [6, 6.07) is 8.59. The minimum Gasteiger partial charge on any atom is -0.493 e. The lowest BCUT2D eigenvalue weighted by Crippen LogP contribution is -2.49. The van der Waals surface area contributed by atoms with Gasteiger partial charge in [0.05, 0.1) is 39.0 Å². The number of morpholine rings is 1. The van der Waals surface area contributed by atoms with Crippen LogP contribution in [0.4, 0.5) is 13.2 Å². The highest BCUT2D eigenvalue weighted by Crippen LogP contribution is 2.37. The highest BCUT2D eigenvalue weighted by molar-refractivity contribution is 5.94. The summed E-state index contributed by atoms with van der Waals surface area (Å²) in [5.74, 6) is 0.320. The van der Waals surface area contributed by atoms with Crippen LogP contribution in [-0.4, -0.2) is 56.0 Å². The number of amides is 1. The van der Waals surface area contributed by atoms with Gasteiger partial charge >= 0.3 is 6.18 Å². The number of alkyl halides is 3. The third kappa shape index (κ3) is 4.36. The third-order valence-electron chi connectivity index (χ3n) is 4.98. The lowest BCUT2D eigenvalue weighted by atomic mass is 9.96. The fraction of sp³-hybridized carbons (Fsp3) is 0.381. The second-order valence-corrected chi connectivity index (χ2v) is 6.73. The van der Waals surface area contributed by atoms with Crippen LogP contribution in [0.3, 0.4) is 0 Å². The first-order chi connectivity index (χ1) is 14.3. The van der Waals surface area contributed by atoms with E-state index in [1.807, 2.05) is 0 Å². The summed E-state index contributed by atoms with van der Waals surface area (Å²) in [4.78, 5) is 14.6. The molecule has 1 fully saturated rings. The number of benzene rings is 2. The monoisotopic (exact) mass is 425 g/mol. The molecule has 9 heteroatoms. The van der Waals surface area contributed by atoms with Crippen LogP contribution in [0.15, 0.2) is 42.5 Å². The van der Waals surface area contributed by atoms with Gasteiger partial charge in [0.15, 0.2) is 11.5 Å². The van der Waals surface area contributed by atoms with E-state index < -0.39 is 29.8 Å². The van der Waals surface area contributed by atoms with Crippen molar-refractivity contribution in [3.05, 3.63) is 59.2 Å². The highest BCUT2D eigenvalue weighted by Gasteiger charge is 2.38. The van der Waals surface area contributed by atoms with Crippen LogP contribution in [0.5, 0.6) is 11.5 Å². The van der Waals surface area contributed by atoms with E-state index in [-0.39, 0.29) is 25.3 Å². The predicted octanol–water partition coefficient (Wildman–Crippen LogP) is 3.30. The molecule has 2 atom stereocenters. The van der Waals surface area contributed by atoms with E-state index in [0.29, 0.717) is 17.1 Å². The zero-order valence-corrected chi connectivity index (χ0v) is 16.5. The normalized spacial score (nSPS) is 19.5. The fourth-order valence-electron chi connectivity index (χ4n) is 3.54. The van der Waals surface area contributed by atoms with Gasteiger partial charge in [0.25, 0.3) is 5.91 Å². The maximum absolute atomic E-state index is 13.2. The first-order valence-electron chi connectivity index (χ1n) is 9.22. The van der Waals surface area contributed by atoms with Gasteiger partial charge in [-0.05, 0) is 35.9 Å². The van der Waals surface area contributed by atoms with Crippen molar-refractivity contribution >= 4 is 5.91 Å². The SMILES string of the molecule is COc1ccc([C@@H]2[C@@H](CO)OCCN2C(=O)c2cccc(C(F)(F)F)c2)cc1OC. The number of hydrogen-bond acceptors (Lipinski definition) is 5. The van der Waals surface area contributed by atoms with E-state index in [1.165, 1.54) is 31.3 Å². The van der Waals surface area contributed by atoms with Crippen molar-refractivity contribution in [1.82, 2.24) is 4.90 Å². The summed E-state index contributed by atoms with van der Waals surface area (Å²) in [6.07, 6.45) is -5.30. The minimum absolute atomic E-state index is 0.0890. The van der Waals surface area contributed by atoms with Crippen molar-refractivity contribution in [2.75, 3.05) is 34.0 Å². The van der Waals surface area contributed by atoms with Gasteiger partial charge in [0.2, 0.25) is 0 Å². The molecule has 0 bridgehead atoms. The molecule has 30 heavy (non-hydrogen) atoms. The van der Waals surface area contributed by atoms with E-state index in [1.54, 1.807) is 18.2 Å². The number of methoxy groups -OCH3 is 2. The summed E-state index contributed by atoms with van der Waals surface area (Å²) in [7, 11) is 2.95. The Hall–Kier alpha value is -2.78. The lowest BCUT2D eigenvalue weighted by molar-refractivity contribution is -0.137. The number of ether oxygens (including phenoxy) is 3. The minimum atomic E-state index is -4.56. The highest BCUT2D eigenvalue weighted by atomic mass is 19.4. The van der Waals surface area contributed by atoms with Gasteiger partial charge in [-0.25, -0.2) is 0 Å². The molecule has 3 rings (SSSR count). The zero-order valence-electron chi connectivity index (χ0n) is 16.5. The van der Waals surface area contributed by atoms with Crippen molar-refractivity contribution in [1.29, 1.82) is 0 Å². The second-order valence-electron chi connectivity index (χ2n) is 6.73. The van der Waals surface area contributed by atoms with Crippen LogP contribution in [0, 0.1) is 0 Å². The van der Waals surface area contributed by atoms with E-state index >= 15 is 0 Å². The Bertz CT molecular complexity index is 902. The topological polar surface area (TPSA) is 68.2 Å². The fourth-order valence-corrected chi connectivity index (χ4v) is 3.54. The lowest BCUT2D eigenvalue weighted by Gasteiger charge is -2.41. The number of halogens is 3. The molecule has 0 aromatic heterocycles. The van der Waals surface area contributed by atoms with Gasteiger partial charge in [-0.1, -0.05) is 12.1 Å². The molecule has 162 valence electrons. The molecule has 0 aliphatic carbocycles. The van der Waals surface area contributed by atoms with Crippen LogP contribution >= 0.6 is 0 Å². The van der Waals surface area contributed by atoms with Gasteiger partial charge in [-0.3, -0.25) is 4.79 Å². The van der Waals surface area contributed by atoms with Gasteiger partial charge < -0.3 is 24.2 Å². The smallest absolute Gasteiger partial charge is 0.416 e. The number of carbonyl (C=O) groups excluding carboxylic acids is 1. The molecule has 1 saturated heterocycles. The zero-order chi connectivity index (χ0) is 21.9. The molecule has 6 nitrogen and oxygen atoms in total. The summed E-state index contributed by atoms with van der Waals surface area (Å²) in [5, 5.41) is 9.80. The Morgan fingerprint density at radius 3 is 2.53 bits per heavy atom. The Labute approximate surface area is 171 Å². The Morgan fingerprint density at radius 2 is 1.90 bits per heavy atom. The molecule has 2 aromatic rings. The maximum atomic E-state index is 13.2. The van der Waals surface area contributed by atoms with Crippen LogP contribution in [0.25, 0.3) is 0 Å². The molecule has 1 aliphatic heterocycles. The number of aliphatic hydroxyl groups excluding tert-OH is 1. The van der Waals surface area contributed by atoms with Crippen molar-refractivity contribution in [3.63, 3.8) is 0 Å². The number of nitrogens with zero attached hydrogens (tertiary/aromatic N) is 1. The Balaban J connectivity index is 2.01. The third-order valence-corrected chi connectivity index (χ3v) is 4.98. The summed E-state index contributed by atoms with van der Waals surface area (Å²) in [5.41, 5.74) is -0.386. The first kappa shape index (κ1) is 21.9. The summed E-state index contributed by atoms with van der Waals surface area (Å²) < 4.78 is 55.4. The molecular formula is C21H22F3NO5. The quantitative estimate of drug-likeness (QED) is 0.796. The first-order valence-corrected chi connectivity index (χ1v) is 9.22. The molecular weight excluding hydrogens is 403 g/mol. The molecule has 0 radical (unpaired) electrons. The average molecular weight is 425 g/mol. The maximum Gasteiger partial charge on any atom is 0.416 e. The van der Waals surface area contributed by atoms with E-state index in [0.717, 1.165) is 12.1 Å². The van der Waals surface area contributed by atoms with Crippen LogP contribution in [-0.2, 0) is 10.9 Å². The molecule has 1 amide bonds. The largest absolute Gasteiger partial charge is 0.493 e. The standard InChI is InChI=1S/C21H22F3NO5/c1-28-16-7-6-13(11-17(16)29-2)19-18(12-26)30-9-8-25(19)20(27)14-4-3-5-15(10-14)21(22,23)24/h3-7,10-11,18-19,26H,8-9,12H2,1-2H3/t18-,19-/m1/s1. The molecule has 0 unspecified atom stereocenters. The van der Waals surface area contributed by atoms with Gasteiger partial charge in [-0.15, -0.1) is 0 Å². The summed E-state index contributed by atoms with van der Waals surface area (Å²) >= 11 is 0. The van der Waals surface area contributed by atoms with Crippen LogP contribution in [0.1, 0.15) is 27.5 Å². The number of rotatable bonds is 5. The van der Waals surface area contributed by atoms with Gasteiger partial charge in [0.1, 0.15) is 6.10 Å². The van der Waals surface area contributed by atoms with Crippen molar-refractivity contribution < 1.29 is 37.3 Å².